The lowest BCUT2D eigenvalue weighted by Crippen LogP contribution is -2.20. The fourth-order valence-electron chi connectivity index (χ4n) is 1.96. The summed E-state index contributed by atoms with van der Waals surface area (Å²) in [5, 5.41) is -0.232. The topological polar surface area (TPSA) is 3.24 Å². The highest BCUT2D eigenvalue weighted by molar-refractivity contribution is 14.1. The highest BCUT2D eigenvalue weighted by atomic mass is 127. The van der Waals surface area contributed by atoms with E-state index in [0.717, 1.165) is 35.6 Å². The van der Waals surface area contributed by atoms with Gasteiger partial charge in [-0.05, 0) is 47.6 Å². The van der Waals surface area contributed by atoms with E-state index in [-0.39, 0.29) is 5.02 Å². The first-order valence-electron chi connectivity index (χ1n) is 5.21. The molecule has 1 aliphatic heterocycles. The maximum absolute atomic E-state index is 12.7. The highest BCUT2D eigenvalue weighted by Gasteiger charge is 2.34. The number of benzene rings is 1. The lowest BCUT2D eigenvalue weighted by atomic mass is 10.2. The molecule has 17 heavy (non-hydrogen) atoms. The van der Waals surface area contributed by atoms with Gasteiger partial charge in [0.2, 0.25) is 0 Å². The van der Waals surface area contributed by atoms with Crippen LogP contribution in [0.1, 0.15) is 18.4 Å². The molecule has 6 heteroatoms. The lowest BCUT2D eigenvalue weighted by Gasteiger charge is -2.21. The van der Waals surface area contributed by atoms with Crippen LogP contribution >= 0.6 is 34.2 Å². The minimum absolute atomic E-state index is 0.232. The summed E-state index contributed by atoms with van der Waals surface area (Å²) in [6.07, 6.45) is -2.34. The van der Waals surface area contributed by atoms with Crippen molar-refractivity contribution in [2.75, 3.05) is 18.0 Å². The van der Waals surface area contributed by atoms with Crippen molar-refractivity contribution in [1.82, 2.24) is 0 Å². The number of halogens is 5. The molecule has 0 spiro atoms. The van der Waals surface area contributed by atoms with Crippen LogP contribution in [0, 0.1) is 3.57 Å². The van der Waals surface area contributed by atoms with Crippen LogP contribution in [-0.4, -0.2) is 13.1 Å². The van der Waals surface area contributed by atoms with Gasteiger partial charge in [0.15, 0.2) is 0 Å². The van der Waals surface area contributed by atoms with Crippen LogP contribution in [0.5, 0.6) is 0 Å². The minimum atomic E-state index is -4.39. The average molecular weight is 376 g/mol. The van der Waals surface area contributed by atoms with Gasteiger partial charge in [0, 0.05) is 16.7 Å². The largest absolute Gasteiger partial charge is 0.417 e. The summed E-state index contributed by atoms with van der Waals surface area (Å²) in [7, 11) is 0. The predicted molar refractivity (Wildman–Crippen MR) is 70.6 cm³/mol. The third kappa shape index (κ3) is 2.81. The van der Waals surface area contributed by atoms with Crippen molar-refractivity contribution < 1.29 is 13.2 Å². The van der Waals surface area contributed by atoms with E-state index in [1.54, 1.807) is 0 Å². The number of alkyl halides is 3. The van der Waals surface area contributed by atoms with E-state index in [9.17, 15) is 13.2 Å². The van der Waals surface area contributed by atoms with Crippen LogP contribution in [0.2, 0.25) is 5.02 Å². The Morgan fingerprint density at radius 2 is 1.76 bits per heavy atom. The molecule has 94 valence electrons. The van der Waals surface area contributed by atoms with E-state index >= 15 is 0 Å². The Balaban J connectivity index is 2.45. The summed E-state index contributed by atoms with van der Waals surface area (Å²) in [5.74, 6) is 0. The highest BCUT2D eigenvalue weighted by Crippen LogP contribution is 2.39. The van der Waals surface area contributed by atoms with Gasteiger partial charge in [0.1, 0.15) is 0 Å². The summed E-state index contributed by atoms with van der Waals surface area (Å²) in [6, 6.07) is 2.55. The smallest absolute Gasteiger partial charge is 0.371 e. The Kier molecular flexibility index (Phi) is 3.77. The molecular weight excluding hydrogens is 365 g/mol. The minimum Gasteiger partial charge on any atom is -0.371 e. The quantitative estimate of drug-likeness (QED) is 0.650. The molecule has 0 aliphatic carbocycles. The van der Waals surface area contributed by atoms with Crippen molar-refractivity contribution in [3.8, 4) is 0 Å². The van der Waals surface area contributed by atoms with Crippen LogP contribution in [0.15, 0.2) is 12.1 Å². The second-order valence-electron chi connectivity index (χ2n) is 3.98. The van der Waals surface area contributed by atoms with Gasteiger partial charge in [0.25, 0.3) is 0 Å². The maximum Gasteiger partial charge on any atom is 0.417 e. The van der Waals surface area contributed by atoms with Gasteiger partial charge in [-0.25, -0.2) is 0 Å². The third-order valence-corrected chi connectivity index (χ3v) is 3.97. The first kappa shape index (κ1) is 13.3. The standard InChI is InChI=1S/C11H10ClF3IN/c12-8-6-9(16)10(17-3-1-2-4-17)5-7(8)11(13,14)15/h5-6H,1-4H2. The summed E-state index contributed by atoms with van der Waals surface area (Å²) >= 11 is 7.68. The molecule has 1 heterocycles. The molecule has 1 aliphatic rings. The van der Waals surface area contributed by atoms with E-state index < -0.39 is 11.7 Å². The zero-order valence-corrected chi connectivity index (χ0v) is 11.7. The van der Waals surface area contributed by atoms with Crippen molar-refractivity contribution in [3.63, 3.8) is 0 Å². The van der Waals surface area contributed by atoms with Crippen LogP contribution in [0.3, 0.4) is 0 Å². The molecule has 1 aromatic rings. The Hall–Kier alpha value is -0.170. The number of rotatable bonds is 1. The maximum atomic E-state index is 12.7. The Morgan fingerprint density at radius 1 is 1.18 bits per heavy atom. The average Bonchev–Trinajstić information content (AvgIpc) is 2.68. The molecule has 1 aromatic carbocycles. The van der Waals surface area contributed by atoms with Crippen molar-refractivity contribution in [3.05, 3.63) is 26.3 Å². The molecule has 0 bridgehead atoms. The van der Waals surface area contributed by atoms with Crippen molar-refractivity contribution in [2.45, 2.75) is 19.0 Å². The molecule has 2 rings (SSSR count). The van der Waals surface area contributed by atoms with Gasteiger partial charge in [-0.3, -0.25) is 0 Å². The second kappa shape index (κ2) is 4.84. The molecule has 0 saturated carbocycles. The summed E-state index contributed by atoms with van der Waals surface area (Å²) < 4.78 is 39.0. The molecule has 0 amide bonds. The van der Waals surface area contributed by atoms with E-state index in [4.69, 9.17) is 11.6 Å². The zero-order chi connectivity index (χ0) is 12.6. The fraction of sp³-hybridized carbons (Fsp3) is 0.455. The van der Waals surface area contributed by atoms with E-state index in [0.29, 0.717) is 5.69 Å². The van der Waals surface area contributed by atoms with Crippen LogP contribution in [0.25, 0.3) is 0 Å². The summed E-state index contributed by atoms with van der Waals surface area (Å²) in [4.78, 5) is 1.98. The van der Waals surface area contributed by atoms with Gasteiger partial charge in [-0.2, -0.15) is 13.2 Å². The lowest BCUT2D eigenvalue weighted by molar-refractivity contribution is -0.137. The fourth-order valence-corrected chi connectivity index (χ4v) is 3.22. The number of hydrogen-bond donors (Lipinski definition) is 0. The SMILES string of the molecule is FC(F)(F)c1cc(N2CCCC2)c(I)cc1Cl. The molecule has 0 radical (unpaired) electrons. The molecular formula is C11H10ClF3IN. The number of nitrogens with zero attached hydrogens (tertiary/aromatic N) is 1. The van der Waals surface area contributed by atoms with Crippen molar-refractivity contribution in [2.24, 2.45) is 0 Å². The van der Waals surface area contributed by atoms with E-state index in [1.807, 2.05) is 27.5 Å². The molecule has 1 saturated heterocycles. The molecule has 0 atom stereocenters. The van der Waals surface area contributed by atoms with E-state index in [1.165, 1.54) is 6.07 Å². The van der Waals surface area contributed by atoms with Gasteiger partial charge in [0.05, 0.1) is 16.3 Å². The van der Waals surface area contributed by atoms with Gasteiger partial charge < -0.3 is 4.90 Å². The molecule has 0 unspecified atom stereocenters. The van der Waals surface area contributed by atoms with Crippen molar-refractivity contribution >= 4 is 39.9 Å². The van der Waals surface area contributed by atoms with Crippen LogP contribution in [-0.2, 0) is 6.18 Å². The Labute approximate surface area is 116 Å². The van der Waals surface area contributed by atoms with Gasteiger partial charge in [-0.15, -0.1) is 0 Å². The van der Waals surface area contributed by atoms with Crippen LogP contribution < -0.4 is 4.90 Å². The summed E-state index contributed by atoms with van der Waals surface area (Å²) in [5.41, 5.74) is -0.110. The predicted octanol–water partition coefficient (Wildman–Crippen LogP) is 4.56. The van der Waals surface area contributed by atoms with Crippen molar-refractivity contribution in [1.29, 1.82) is 0 Å². The second-order valence-corrected chi connectivity index (χ2v) is 5.54. The Morgan fingerprint density at radius 3 is 2.29 bits per heavy atom. The molecule has 1 fully saturated rings. The van der Waals surface area contributed by atoms with Gasteiger partial charge in [-0.1, -0.05) is 11.6 Å². The number of anilines is 1. The monoisotopic (exact) mass is 375 g/mol. The zero-order valence-electron chi connectivity index (χ0n) is 8.82. The molecule has 0 N–H and O–H groups in total. The van der Waals surface area contributed by atoms with Gasteiger partial charge >= 0.3 is 6.18 Å². The normalized spacial score (nSPS) is 16.6. The summed E-state index contributed by atoms with van der Waals surface area (Å²) in [6.45, 7) is 1.63. The Bertz CT molecular complexity index is 427. The first-order chi connectivity index (χ1) is 7.89. The molecule has 1 nitrogen and oxygen atoms in total. The van der Waals surface area contributed by atoms with E-state index in [2.05, 4.69) is 0 Å². The first-order valence-corrected chi connectivity index (χ1v) is 6.66. The third-order valence-electron chi connectivity index (χ3n) is 2.79. The van der Waals surface area contributed by atoms with Crippen LogP contribution in [0.4, 0.5) is 18.9 Å². The molecule has 0 aromatic heterocycles. The number of hydrogen-bond acceptors (Lipinski definition) is 1.